The lowest BCUT2D eigenvalue weighted by Gasteiger charge is -2.17. The lowest BCUT2D eigenvalue weighted by Crippen LogP contribution is -2.26. The number of hydrogen-bond donors (Lipinski definition) is 1. The predicted molar refractivity (Wildman–Crippen MR) is 78.4 cm³/mol. The van der Waals surface area contributed by atoms with E-state index in [0.29, 0.717) is 17.6 Å². The molecule has 0 radical (unpaired) electrons. The van der Waals surface area contributed by atoms with Gasteiger partial charge in [0.05, 0.1) is 5.75 Å². The second kappa shape index (κ2) is 5.65. The molecule has 0 aliphatic carbocycles. The topological polar surface area (TPSA) is 51.0 Å². The van der Waals surface area contributed by atoms with Crippen LogP contribution in [-0.2, 0) is 5.75 Å². The molecule has 0 bridgehead atoms. The Labute approximate surface area is 118 Å². The third-order valence-electron chi connectivity index (χ3n) is 2.34. The molecule has 1 heterocycles. The fraction of sp³-hybridized carbons (Fsp3) is 0.429. The first kappa shape index (κ1) is 13.9. The summed E-state index contributed by atoms with van der Waals surface area (Å²) < 4.78 is 5.16. The maximum atomic E-state index is 5.16. The molecule has 0 unspecified atom stereocenters. The summed E-state index contributed by atoms with van der Waals surface area (Å²) in [6.07, 6.45) is 0. The van der Waals surface area contributed by atoms with Gasteiger partial charge in [0.2, 0.25) is 0 Å². The molecule has 0 spiro atoms. The second-order valence-electron chi connectivity index (χ2n) is 5.49. The van der Waals surface area contributed by atoms with E-state index in [4.69, 9.17) is 4.52 Å². The van der Waals surface area contributed by atoms with Crippen LogP contribution in [-0.4, -0.2) is 15.7 Å². The van der Waals surface area contributed by atoms with Crippen LogP contribution in [0.5, 0.6) is 0 Å². The fourth-order valence-electron chi connectivity index (χ4n) is 1.47. The molecule has 4 nitrogen and oxygen atoms in total. The molecule has 0 amide bonds. The molecule has 0 fully saturated rings. The van der Waals surface area contributed by atoms with Crippen LogP contribution in [0.4, 0.5) is 6.01 Å². The van der Waals surface area contributed by atoms with Gasteiger partial charge in [-0.05, 0) is 39.8 Å². The van der Waals surface area contributed by atoms with Crippen molar-refractivity contribution in [2.75, 3.05) is 5.32 Å². The molecule has 0 saturated carbocycles. The van der Waals surface area contributed by atoms with E-state index >= 15 is 0 Å². The van der Waals surface area contributed by atoms with Crippen molar-refractivity contribution in [1.29, 1.82) is 0 Å². The summed E-state index contributed by atoms with van der Waals surface area (Å²) in [7, 11) is 0. The van der Waals surface area contributed by atoms with E-state index in [-0.39, 0.29) is 5.54 Å². The van der Waals surface area contributed by atoms with E-state index in [0.717, 1.165) is 0 Å². The Morgan fingerprint density at radius 1 is 1.21 bits per heavy atom. The maximum Gasteiger partial charge on any atom is 0.321 e. The molecule has 1 aromatic carbocycles. The highest BCUT2D eigenvalue weighted by Gasteiger charge is 2.14. The highest BCUT2D eigenvalue weighted by atomic mass is 32.2. The molecular formula is C14H19N3OS. The second-order valence-corrected chi connectivity index (χ2v) is 6.54. The zero-order chi connectivity index (χ0) is 13.9. The van der Waals surface area contributed by atoms with Gasteiger partial charge in [-0.2, -0.15) is 4.98 Å². The quantitative estimate of drug-likeness (QED) is 0.859. The van der Waals surface area contributed by atoms with Crippen LogP contribution >= 0.6 is 11.8 Å². The highest BCUT2D eigenvalue weighted by molar-refractivity contribution is 7.98. The number of hydrogen-bond acceptors (Lipinski definition) is 5. The van der Waals surface area contributed by atoms with Crippen LogP contribution in [0.15, 0.2) is 33.7 Å². The van der Waals surface area contributed by atoms with Gasteiger partial charge in [-0.15, -0.1) is 11.8 Å². The summed E-state index contributed by atoms with van der Waals surface area (Å²) in [4.78, 5) is 5.53. The van der Waals surface area contributed by atoms with Crippen molar-refractivity contribution >= 4 is 17.8 Å². The zero-order valence-corrected chi connectivity index (χ0v) is 12.5. The minimum atomic E-state index is -0.0755. The minimum absolute atomic E-state index is 0.0755. The first-order valence-electron chi connectivity index (χ1n) is 6.23. The largest absolute Gasteiger partial charge is 0.333 e. The fourth-order valence-corrected chi connectivity index (χ4v) is 2.21. The predicted octanol–water partition coefficient (Wildman–Crippen LogP) is 3.88. The number of nitrogens with one attached hydrogen (secondary N) is 1. The van der Waals surface area contributed by atoms with Crippen molar-refractivity contribution < 1.29 is 4.52 Å². The number of anilines is 1. The lowest BCUT2D eigenvalue weighted by molar-refractivity contribution is 0.414. The van der Waals surface area contributed by atoms with Crippen LogP contribution in [0.1, 0.15) is 32.2 Å². The number of benzene rings is 1. The molecule has 5 heteroatoms. The average Bonchev–Trinajstić information content (AvgIpc) is 2.73. The minimum Gasteiger partial charge on any atom is -0.333 e. The number of nitrogens with zero attached hydrogens (tertiary/aromatic N) is 2. The van der Waals surface area contributed by atoms with Gasteiger partial charge in [0.15, 0.2) is 5.82 Å². The van der Waals surface area contributed by atoms with Gasteiger partial charge in [-0.3, -0.25) is 0 Å². The molecule has 19 heavy (non-hydrogen) atoms. The molecule has 0 atom stereocenters. The van der Waals surface area contributed by atoms with Gasteiger partial charge in [-0.1, -0.05) is 22.9 Å². The third-order valence-corrected chi connectivity index (χ3v) is 3.35. The van der Waals surface area contributed by atoms with E-state index in [1.807, 2.05) is 0 Å². The van der Waals surface area contributed by atoms with Crippen LogP contribution in [0, 0.1) is 6.92 Å². The molecule has 1 aromatic heterocycles. The Hall–Kier alpha value is -1.49. The van der Waals surface area contributed by atoms with Gasteiger partial charge in [0, 0.05) is 10.4 Å². The van der Waals surface area contributed by atoms with Gasteiger partial charge in [0.1, 0.15) is 0 Å². The Balaban J connectivity index is 1.91. The van der Waals surface area contributed by atoms with E-state index in [2.05, 4.69) is 67.4 Å². The number of aryl methyl sites for hydroxylation is 1. The molecule has 0 saturated heterocycles. The molecule has 102 valence electrons. The summed E-state index contributed by atoms with van der Waals surface area (Å²) in [6, 6.07) is 8.89. The van der Waals surface area contributed by atoms with Crippen LogP contribution < -0.4 is 5.32 Å². The van der Waals surface area contributed by atoms with E-state index in [1.165, 1.54) is 10.5 Å². The van der Waals surface area contributed by atoms with Crippen molar-refractivity contribution in [3.8, 4) is 0 Å². The van der Waals surface area contributed by atoms with Crippen molar-refractivity contribution in [2.24, 2.45) is 0 Å². The van der Waals surface area contributed by atoms with Crippen LogP contribution in [0.2, 0.25) is 0 Å². The van der Waals surface area contributed by atoms with Crippen molar-refractivity contribution in [2.45, 2.75) is 43.9 Å². The van der Waals surface area contributed by atoms with Gasteiger partial charge < -0.3 is 9.84 Å². The van der Waals surface area contributed by atoms with Gasteiger partial charge in [-0.25, -0.2) is 0 Å². The summed E-state index contributed by atoms with van der Waals surface area (Å²) in [5.41, 5.74) is 1.19. The molecular weight excluding hydrogens is 258 g/mol. The standard InChI is InChI=1S/C14H19N3OS/c1-10-5-7-11(8-6-10)19-9-12-15-13(18-17-12)16-14(2,3)4/h5-8H,9H2,1-4H3,(H,15,16,17). The highest BCUT2D eigenvalue weighted by Crippen LogP contribution is 2.22. The SMILES string of the molecule is Cc1ccc(SCc2noc(NC(C)(C)C)n2)cc1. The zero-order valence-electron chi connectivity index (χ0n) is 11.7. The number of thioether (sulfide) groups is 1. The van der Waals surface area contributed by atoms with Crippen LogP contribution in [0.3, 0.4) is 0 Å². The van der Waals surface area contributed by atoms with Crippen LogP contribution in [0.25, 0.3) is 0 Å². The van der Waals surface area contributed by atoms with E-state index in [9.17, 15) is 0 Å². The van der Waals surface area contributed by atoms with E-state index < -0.39 is 0 Å². The average molecular weight is 277 g/mol. The summed E-state index contributed by atoms with van der Waals surface area (Å²) in [5, 5.41) is 7.12. The smallest absolute Gasteiger partial charge is 0.321 e. The monoisotopic (exact) mass is 277 g/mol. The Morgan fingerprint density at radius 3 is 2.53 bits per heavy atom. The molecule has 2 aromatic rings. The number of rotatable bonds is 4. The van der Waals surface area contributed by atoms with Crippen molar-refractivity contribution in [1.82, 2.24) is 10.1 Å². The summed E-state index contributed by atoms with van der Waals surface area (Å²) in [6.45, 7) is 8.24. The first-order valence-corrected chi connectivity index (χ1v) is 7.21. The Morgan fingerprint density at radius 2 is 1.89 bits per heavy atom. The molecule has 0 aliphatic rings. The van der Waals surface area contributed by atoms with Crippen molar-refractivity contribution in [3.63, 3.8) is 0 Å². The molecule has 1 N–H and O–H groups in total. The normalized spacial score (nSPS) is 11.6. The van der Waals surface area contributed by atoms with Crippen molar-refractivity contribution in [3.05, 3.63) is 35.7 Å². The third kappa shape index (κ3) is 4.59. The Bertz CT molecular complexity index is 528. The molecule has 2 rings (SSSR count). The summed E-state index contributed by atoms with van der Waals surface area (Å²) >= 11 is 1.70. The maximum absolute atomic E-state index is 5.16. The van der Waals surface area contributed by atoms with Gasteiger partial charge >= 0.3 is 6.01 Å². The number of aromatic nitrogens is 2. The molecule has 0 aliphatic heterocycles. The first-order chi connectivity index (χ1) is 8.92. The lowest BCUT2D eigenvalue weighted by atomic mass is 10.1. The Kier molecular flexibility index (Phi) is 4.14. The van der Waals surface area contributed by atoms with Gasteiger partial charge in [0.25, 0.3) is 0 Å². The van der Waals surface area contributed by atoms with E-state index in [1.54, 1.807) is 11.8 Å². The summed E-state index contributed by atoms with van der Waals surface area (Å²) in [5.74, 6) is 1.41.